The van der Waals surface area contributed by atoms with Crippen LogP contribution in [-0.2, 0) is 22.9 Å². The number of hydrogen-bond donors (Lipinski definition) is 1. The Morgan fingerprint density at radius 1 is 0.970 bits per heavy atom. The number of ether oxygens (including phenoxy) is 1. The number of benzene rings is 3. The summed E-state index contributed by atoms with van der Waals surface area (Å²) in [6.07, 6.45) is 2.88. The lowest BCUT2D eigenvalue weighted by Crippen LogP contribution is -2.33. The highest BCUT2D eigenvalue weighted by atomic mass is 32.2. The molecule has 0 aliphatic heterocycles. The molecule has 0 atom stereocenters. The van der Waals surface area contributed by atoms with Crippen molar-refractivity contribution in [3.8, 4) is 5.75 Å². The lowest BCUT2D eigenvalue weighted by Gasteiger charge is -2.27. The topological polar surface area (TPSA) is 83.9 Å². The summed E-state index contributed by atoms with van der Waals surface area (Å²) in [5.74, 6) is -0.467. The summed E-state index contributed by atoms with van der Waals surface area (Å²) in [5.41, 5.74) is 2.82. The number of aromatic carboxylic acids is 1. The average molecular weight is 468 g/mol. The van der Waals surface area contributed by atoms with Crippen molar-refractivity contribution >= 4 is 21.7 Å². The van der Waals surface area contributed by atoms with Gasteiger partial charge in [-0.15, -0.1) is 0 Å². The molecule has 0 amide bonds. The predicted molar refractivity (Wildman–Crippen MR) is 130 cm³/mol. The van der Waals surface area contributed by atoms with Crippen LogP contribution < -0.4 is 9.04 Å². The van der Waals surface area contributed by atoms with Gasteiger partial charge < -0.3 is 9.84 Å². The first-order valence-corrected chi connectivity index (χ1v) is 12.4. The van der Waals surface area contributed by atoms with Gasteiger partial charge >= 0.3 is 5.97 Å². The Balaban J connectivity index is 1.92. The highest BCUT2D eigenvalue weighted by Gasteiger charge is 2.26. The minimum Gasteiger partial charge on any atom is -0.497 e. The standard InChI is InChI=1S/C26H29NO5S/c1-3-4-18-27(33(30,31)24-10-7-9-23(19-24)32-2)25-11-6-5-8-21(25)15-12-20-13-16-22(17-14-20)26(28)29/h5-11,13-14,16-17,19H,3-4,12,15,18H2,1-2H3,(H,28,29). The SMILES string of the molecule is CCCCN(c1ccccc1CCc1ccc(C(=O)O)cc1)S(=O)(=O)c1cccc(OC)c1. The van der Waals surface area contributed by atoms with E-state index in [-0.39, 0.29) is 10.5 Å². The largest absolute Gasteiger partial charge is 0.497 e. The quantitative estimate of drug-likeness (QED) is 0.420. The fourth-order valence-electron chi connectivity index (χ4n) is 3.62. The molecular weight excluding hydrogens is 438 g/mol. The number of carboxylic acids is 1. The Labute approximate surface area is 195 Å². The van der Waals surface area contributed by atoms with E-state index in [2.05, 4.69) is 0 Å². The molecule has 0 spiro atoms. The number of rotatable bonds is 11. The smallest absolute Gasteiger partial charge is 0.335 e. The first-order chi connectivity index (χ1) is 15.9. The van der Waals surface area contributed by atoms with Gasteiger partial charge in [-0.3, -0.25) is 4.31 Å². The molecule has 0 saturated carbocycles. The van der Waals surface area contributed by atoms with E-state index in [4.69, 9.17) is 9.84 Å². The second-order valence-electron chi connectivity index (χ2n) is 7.74. The van der Waals surface area contributed by atoms with Crippen molar-refractivity contribution in [2.45, 2.75) is 37.5 Å². The van der Waals surface area contributed by atoms with Crippen molar-refractivity contribution in [1.29, 1.82) is 0 Å². The molecule has 0 bridgehead atoms. The van der Waals surface area contributed by atoms with Gasteiger partial charge in [-0.2, -0.15) is 0 Å². The third-order valence-corrected chi connectivity index (χ3v) is 7.30. The molecule has 0 unspecified atom stereocenters. The van der Waals surface area contributed by atoms with Crippen LogP contribution in [0, 0.1) is 0 Å². The molecule has 1 N–H and O–H groups in total. The van der Waals surface area contributed by atoms with Gasteiger partial charge in [0.05, 0.1) is 23.3 Å². The maximum atomic E-state index is 13.6. The van der Waals surface area contributed by atoms with Crippen LogP contribution in [0.15, 0.2) is 77.7 Å². The van der Waals surface area contributed by atoms with Crippen LogP contribution in [0.4, 0.5) is 5.69 Å². The number of aryl methyl sites for hydroxylation is 2. The molecule has 0 aliphatic carbocycles. The molecular formula is C26H29NO5S. The normalized spacial score (nSPS) is 11.2. The molecule has 7 heteroatoms. The number of hydrogen-bond acceptors (Lipinski definition) is 4. The summed E-state index contributed by atoms with van der Waals surface area (Å²) in [6.45, 7) is 2.41. The molecule has 174 valence electrons. The third-order valence-electron chi connectivity index (χ3n) is 5.49. The van der Waals surface area contributed by atoms with E-state index in [9.17, 15) is 13.2 Å². The van der Waals surface area contributed by atoms with Crippen molar-refractivity contribution < 1.29 is 23.1 Å². The summed E-state index contributed by atoms with van der Waals surface area (Å²) < 4.78 is 34.0. The first kappa shape index (κ1) is 24.3. The Morgan fingerprint density at radius 2 is 1.70 bits per heavy atom. The lowest BCUT2D eigenvalue weighted by atomic mass is 10.0. The molecule has 6 nitrogen and oxygen atoms in total. The van der Waals surface area contributed by atoms with E-state index in [0.29, 0.717) is 30.8 Å². The van der Waals surface area contributed by atoms with Crippen LogP contribution in [0.2, 0.25) is 0 Å². The van der Waals surface area contributed by atoms with Crippen molar-refractivity contribution in [2.24, 2.45) is 0 Å². The molecule has 0 heterocycles. The molecule has 0 radical (unpaired) electrons. The summed E-state index contributed by atoms with van der Waals surface area (Å²) in [6, 6.07) is 20.8. The van der Waals surface area contributed by atoms with Gasteiger partial charge in [0, 0.05) is 12.6 Å². The van der Waals surface area contributed by atoms with Crippen LogP contribution in [0.5, 0.6) is 5.75 Å². The molecule has 3 aromatic rings. The van der Waals surface area contributed by atoms with Gasteiger partial charge in [0.15, 0.2) is 0 Å². The van der Waals surface area contributed by atoms with Crippen LogP contribution >= 0.6 is 0 Å². The van der Waals surface area contributed by atoms with Crippen molar-refractivity contribution in [1.82, 2.24) is 0 Å². The summed E-state index contributed by atoms with van der Waals surface area (Å²) >= 11 is 0. The maximum Gasteiger partial charge on any atom is 0.335 e. The van der Waals surface area contributed by atoms with E-state index in [0.717, 1.165) is 24.0 Å². The zero-order valence-corrected chi connectivity index (χ0v) is 19.7. The maximum absolute atomic E-state index is 13.6. The zero-order valence-electron chi connectivity index (χ0n) is 18.9. The molecule has 33 heavy (non-hydrogen) atoms. The van der Waals surface area contributed by atoms with E-state index in [1.54, 1.807) is 48.5 Å². The first-order valence-electron chi connectivity index (χ1n) is 10.9. The average Bonchev–Trinajstić information content (AvgIpc) is 2.83. The predicted octanol–water partition coefficient (Wildman–Crippen LogP) is 5.17. The number of nitrogens with zero attached hydrogens (tertiary/aromatic N) is 1. The molecule has 0 aromatic heterocycles. The molecule has 0 aliphatic rings. The second kappa shape index (κ2) is 11.0. The van der Waals surface area contributed by atoms with Crippen LogP contribution in [0.1, 0.15) is 41.3 Å². The van der Waals surface area contributed by atoms with Crippen LogP contribution in [0.25, 0.3) is 0 Å². The number of carboxylic acid groups (broad SMARTS) is 1. The highest BCUT2D eigenvalue weighted by Crippen LogP contribution is 2.30. The molecule has 0 fully saturated rings. The van der Waals surface area contributed by atoms with Gasteiger partial charge in [0.2, 0.25) is 0 Å². The minimum absolute atomic E-state index is 0.192. The number of anilines is 1. The van der Waals surface area contributed by atoms with Crippen molar-refractivity contribution in [3.05, 3.63) is 89.5 Å². The number of unbranched alkanes of at least 4 members (excludes halogenated alkanes) is 1. The number of methoxy groups -OCH3 is 1. The van der Waals surface area contributed by atoms with E-state index < -0.39 is 16.0 Å². The Hall–Kier alpha value is -3.32. The number of sulfonamides is 1. The van der Waals surface area contributed by atoms with Gasteiger partial charge in [-0.1, -0.05) is 49.7 Å². The van der Waals surface area contributed by atoms with Gasteiger partial charge in [-0.25, -0.2) is 13.2 Å². The fourth-order valence-corrected chi connectivity index (χ4v) is 5.20. The third kappa shape index (κ3) is 5.93. The number of para-hydroxylation sites is 1. The van der Waals surface area contributed by atoms with E-state index in [1.807, 2.05) is 31.2 Å². The summed E-state index contributed by atoms with van der Waals surface area (Å²) in [4.78, 5) is 11.3. The Bertz CT molecular complexity index is 1190. The Kier molecular flexibility index (Phi) is 8.11. The van der Waals surface area contributed by atoms with Crippen molar-refractivity contribution in [3.63, 3.8) is 0 Å². The number of carbonyl (C=O) groups is 1. The van der Waals surface area contributed by atoms with Gasteiger partial charge in [-0.05, 0) is 60.7 Å². The Morgan fingerprint density at radius 3 is 2.36 bits per heavy atom. The zero-order chi connectivity index (χ0) is 23.8. The molecule has 3 aromatic carbocycles. The molecule has 3 rings (SSSR count). The van der Waals surface area contributed by atoms with Gasteiger partial charge in [0.25, 0.3) is 10.0 Å². The summed E-state index contributed by atoms with van der Waals surface area (Å²) in [5, 5.41) is 9.08. The monoisotopic (exact) mass is 467 g/mol. The highest BCUT2D eigenvalue weighted by molar-refractivity contribution is 7.92. The van der Waals surface area contributed by atoms with Gasteiger partial charge in [0.1, 0.15) is 5.75 Å². The molecule has 0 saturated heterocycles. The summed E-state index contributed by atoms with van der Waals surface area (Å²) in [7, 11) is -2.28. The van der Waals surface area contributed by atoms with Crippen LogP contribution in [0.3, 0.4) is 0 Å². The van der Waals surface area contributed by atoms with E-state index >= 15 is 0 Å². The lowest BCUT2D eigenvalue weighted by molar-refractivity contribution is 0.0697. The second-order valence-corrected chi connectivity index (χ2v) is 9.60. The fraction of sp³-hybridized carbons (Fsp3) is 0.269. The van der Waals surface area contributed by atoms with E-state index in [1.165, 1.54) is 11.4 Å². The minimum atomic E-state index is -3.79. The van der Waals surface area contributed by atoms with Crippen LogP contribution in [-0.4, -0.2) is 33.1 Å². The van der Waals surface area contributed by atoms with Crippen molar-refractivity contribution in [2.75, 3.05) is 18.0 Å².